The van der Waals surface area contributed by atoms with Gasteiger partial charge in [-0.1, -0.05) is 0 Å². The number of hydrogen-bond acceptors (Lipinski definition) is 2. The van der Waals surface area contributed by atoms with E-state index in [4.69, 9.17) is 0 Å². The molecular formula is C12H14F2N2O. The van der Waals surface area contributed by atoms with Crippen molar-refractivity contribution in [3.8, 4) is 0 Å². The van der Waals surface area contributed by atoms with Crippen LogP contribution in [0, 0.1) is 11.6 Å². The lowest BCUT2D eigenvalue weighted by Gasteiger charge is -2.17. The molecular weight excluding hydrogens is 226 g/mol. The fraction of sp³-hybridized carbons (Fsp3) is 0.417. The molecule has 0 bridgehead atoms. The number of nitrogens with one attached hydrogen (secondary N) is 1. The van der Waals surface area contributed by atoms with Crippen molar-refractivity contribution < 1.29 is 13.6 Å². The summed E-state index contributed by atoms with van der Waals surface area (Å²) in [5.41, 5.74) is 1.20. The second-order valence-corrected chi connectivity index (χ2v) is 4.04. The summed E-state index contributed by atoms with van der Waals surface area (Å²) in [5.74, 6) is -1.82. The van der Waals surface area contributed by atoms with Crippen molar-refractivity contribution in [2.24, 2.45) is 0 Å². The van der Waals surface area contributed by atoms with Crippen molar-refractivity contribution in [1.29, 1.82) is 0 Å². The van der Waals surface area contributed by atoms with E-state index >= 15 is 0 Å². The predicted octanol–water partition coefficient (Wildman–Crippen LogP) is 1.46. The summed E-state index contributed by atoms with van der Waals surface area (Å²) in [5, 5.41) is 2.88. The quantitative estimate of drug-likeness (QED) is 0.867. The van der Waals surface area contributed by atoms with E-state index in [0.717, 1.165) is 6.07 Å². The van der Waals surface area contributed by atoms with E-state index in [1.54, 1.807) is 7.05 Å². The van der Waals surface area contributed by atoms with Gasteiger partial charge in [0, 0.05) is 31.3 Å². The van der Waals surface area contributed by atoms with E-state index in [-0.39, 0.29) is 5.91 Å². The van der Waals surface area contributed by atoms with E-state index in [9.17, 15) is 13.6 Å². The minimum Gasteiger partial charge on any atom is -0.319 e. The molecule has 0 saturated heterocycles. The Balaban J connectivity index is 2.21. The molecule has 2 rings (SSSR count). The van der Waals surface area contributed by atoms with Crippen molar-refractivity contribution in [1.82, 2.24) is 5.32 Å². The number of fused-ring (bicyclic) bond motifs is 1. The van der Waals surface area contributed by atoms with E-state index in [2.05, 4.69) is 5.32 Å². The average Bonchev–Trinajstić information content (AvgIpc) is 2.69. The van der Waals surface area contributed by atoms with Crippen LogP contribution in [0.25, 0.3) is 0 Å². The molecule has 0 aliphatic carbocycles. The normalized spacial score (nSPS) is 13.9. The zero-order valence-electron chi connectivity index (χ0n) is 9.59. The molecule has 0 aromatic heterocycles. The number of carbonyl (C=O) groups excluding carboxylic acids is 1. The van der Waals surface area contributed by atoms with Crippen molar-refractivity contribution in [2.45, 2.75) is 12.8 Å². The van der Waals surface area contributed by atoms with Gasteiger partial charge in [0.1, 0.15) is 0 Å². The van der Waals surface area contributed by atoms with E-state index in [0.29, 0.717) is 37.2 Å². The highest BCUT2D eigenvalue weighted by Crippen LogP contribution is 2.30. The molecule has 0 spiro atoms. The van der Waals surface area contributed by atoms with Gasteiger partial charge in [0.2, 0.25) is 5.91 Å². The minimum absolute atomic E-state index is 0.0656. The molecule has 17 heavy (non-hydrogen) atoms. The van der Waals surface area contributed by atoms with Crippen molar-refractivity contribution in [2.75, 3.05) is 25.0 Å². The average molecular weight is 240 g/mol. The molecule has 3 nitrogen and oxygen atoms in total. The Morgan fingerprint density at radius 1 is 1.41 bits per heavy atom. The third kappa shape index (κ3) is 2.29. The predicted molar refractivity (Wildman–Crippen MR) is 61.0 cm³/mol. The van der Waals surface area contributed by atoms with Crippen molar-refractivity contribution >= 4 is 11.6 Å². The first kappa shape index (κ1) is 12.0. The van der Waals surface area contributed by atoms with Crippen LogP contribution in [0.15, 0.2) is 12.1 Å². The fourth-order valence-corrected chi connectivity index (χ4v) is 2.01. The molecule has 1 aliphatic rings. The number of rotatable bonds is 3. The lowest BCUT2D eigenvalue weighted by molar-refractivity contribution is -0.118. The van der Waals surface area contributed by atoms with Crippen LogP contribution in [0.1, 0.15) is 12.0 Å². The molecule has 1 heterocycles. The van der Waals surface area contributed by atoms with E-state index in [1.807, 2.05) is 0 Å². The summed E-state index contributed by atoms with van der Waals surface area (Å²) < 4.78 is 26.2. The van der Waals surface area contributed by atoms with Crippen molar-refractivity contribution in [3.05, 3.63) is 29.3 Å². The molecule has 0 atom stereocenters. The number of hydrogen-bond donors (Lipinski definition) is 1. The molecule has 0 unspecified atom stereocenters. The smallest absolute Gasteiger partial charge is 0.228 e. The molecule has 92 valence electrons. The highest BCUT2D eigenvalue weighted by atomic mass is 19.2. The Labute approximate surface area is 98.4 Å². The monoisotopic (exact) mass is 240 g/mol. The zero-order chi connectivity index (χ0) is 12.4. The number of benzene rings is 1. The van der Waals surface area contributed by atoms with Crippen LogP contribution in [0.2, 0.25) is 0 Å². The van der Waals surface area contributed by atoms with Crippen LogP contribution in [-0.2, 0) is 11.2 Å². The third-order valence-corrected chi connectivity index (χ3v) is 2.91. The molecule has 5 heteroatoms. The Bertz CT molecular complexity index is 448. The second-order valence-electron chi connectivity index (χ2n) is 4.04. The van der Waals surface area contributed by atoms with Gasteiger partial charge >= 0.3 is 0 Å². The summed E-state index contributed by atoms with van der Waals surface area (Å²) in [6.07, 6.45) is 0.937. The summed E-state index contributed by atoms with van der Waals surface area (Å²) >= 11 is 0. The zero-order valence-corrected chi connectivity index (χ0v) is 9.59. The molecule has 0 fully saturated rings. The Hall–Kier alpha value is -1.49. The number of amides is 1. The van der Waals surface area contributed by atoms with Crippen molar-refractivity contribution in [3.63, 3.8) is 0 Å². The molecule has 1 aromatic rings. The van der Waals surface area contributed by atoms with Gasteiger partial charge in [-0.05, 0) is 25.1 Å². The first-order chi connectivity index (χ1) is 8.13. The van der Waals surface area contributed by atoms with Gasteiger partial charge in [-0.2, -0.15) is 0 Å². The van der Waals surface area contributed by atoms with Gasteiger partial charge < -0.3 is 10.2 Å². The largest absolute Gasteiger partial charge is 0.319 e. The fourth-order valence-electron chi connectivity index (χ4n) is 2.01. The van der Waals surface area contributed by atoms with Crippen LogP contribution in [0.3, 0.4) is 0 Å². The minimum atomic E-state index is -0.905. The maximum atomic E-state index is 13.1. The number of carbonyl (C=O) groups is 1. The van der Waals surface area contributed by atoms with Gasteiger partial charge in [0.05, 0.1) is 0 Å². The number of anilines is 1. The first-order valence-electron chi connectivity index (χ1n) is 5.56. The lowest BCUT2D eigenvalue weighted by atomic mass is 10.1. The van der Waals surface area contributed by atoms with Crippen LogP contribution < -0.4 is 10.2 Å². The lowest BCUT2D eigenvalue weighted by Crippen LogP contribution is -2.31. The van der Waals surface area contributed by atoms with Crippen LogP contribution in [0.4, 0.5) is 14.5 Å². The molecule has 0 radical (unpaired) electrons. The SMILES string of the molecule is CNCCC(=O)N1CCc2cc(F)c(F)cc21. The Morgan fingerprint density at radius 2 is 2.12 bits per heavy atom. The standard InChI is InChI=1S/C12H14F2N2O/c1-15-4-2-12(17)16-5-3-8-6-9(13)10(14)7-11(8)16/h6-7,15H,2-5H2,1H3. The molecule has 1 amide bonds. The molecule has 0 saturated carbocycles. The van der Waals surface area contributed by atoms with Crippen LogP contribution >= 0.6 is 0 Å². The summed E-state index contributed by atoms with van der Waals surface area (Å²) in [4.78, 5) is 13.4. The summed E-state index contributed by atoms with van der Waals surface area (Å²) in [6, 6.07) is 2.28. The molecule has 1 aliphatic heterocycles. The Kier molecular flexibility index (Phi) is 3.38. The highest BCUT2D eigenvalue weighted by Gasteiger charge is 2.25. The maximum absolute atomic E-state index is 13.1. The second kappa shape index (κ2) is 4.79. The summed E-state index contributed by atoms with van der Waals surface area (Å²) in [6.45, 7) is 1.08. The molecule has 1 aromatic carbocycles. The summed E-state index contributed by atoms with van der Waals surface area (Å²) in [7, 11) is 1.76. The van der Waals surface area contributed by atoms with E-state index < -0.39 is 11.6 Å². The maximum Gasteiger partial charge on any atom is 0.228 e. The van der Waals surface area contributed by atoms with Gasteiger partial charge in [-0.3, -0.25) is 4.79 Å². The third-order valence-electron chi connectivity index (χ3n) is 2.91. The Morgan fingerprint density at radius 3 is 2.82 bits per heavy atom. The highest BCUT2D eigenvalue weighted by molar-refractivity contribution is 5.95. The van der Waals surface area contributed by atoms with Gasteiger partial charge in [0.15, 0.2) is 11.6 Å². The van der Waals surface area contributed by atoms with Gasteiger partial charge in [-0.15, -0.1) is 0 Å². The molecule has 1 N–H and O–H groups in total. The number of nitrogens with zero attached hydrogens (tertiary/aromatic N) is 1. The van der Waals surface area contributed by atoms with Gasteiger partial charge in [-0.25, -0.2) is 8.78 Å². The topological polar surface area (TPSA) is 32.3 Å². The van der Waals surface area contributed by atoms with E-state index in [1.165, 1.54) is 11.0 Å². The number of halogens is 2. The van der Waals surface area contributed by atoms with Crippen LogP contribution in [0.5, 0.6) is 0 Å². The van der Waals surface area contributed by atoms with Crippen LogP contribution in [-0.4, -0.2) is 26.0 Å². The van der Waals surface area contributed by atoms with Gasteiger partial charge in [0.25, 0.3) is 0 Å². The first-order valence-corrected chi connectivity index (χ1v) is 5.56.